The minimum absolute atomic E-state index is 0.139. The van der Waals surface area contributed by atoms with Gasteiger partial charge in [0, 0.05) is 12.8 Å². The third-order valence-corrected chi connectivity index (χ3v) is 2.34. The Morgan fingerprint density at radius 2 is 2.23 bits per heavy atom. The normalized spacial score (nSPS) is 39.1. The van der Waals surface area contributed by atoms with E-state index in [0.717, 1.165) is 6.42 Å². The van der Waals surface area contributed by atoms with E-state index in [1.54, 1.807) is 6.92 Å². The molecule has 1 aliphatic rings. The first-order chi connectivity index (χ1) is 6.06. The van der Waals surface area contributed by atoms with Crippen molar-refractivity contribution in [2.75, 3.05) is 0 Å². The molecular weight excluding hydrogens is 175 g/mol. The summed E-state index contributed by atoms with van der Waals surface area (Å²) in [5, 5.41) is 0. The second-order valence-electron chi connectivity index (χ2n) is 3.36. The third kappa shape index (κ3) is 2.18. The first-order valence-electron chi connectivity index (χ1n) is 4.53. The Bertz CT molecular complexity index is 195. The molecule has 76 valence electrons. The van der Waals surface area contributed by atoms with Crippen molar-refractivity contribution >= 4 is 5.97 Å². The molecule has 1 unspecified atom stereocenters. The number of esters is 1. The second kappa shape index (κ2) is 4.05. The molecule has 0 spiro atoms. The van der Waals surface area contributed by atoms with Gasteiger partial charge in [-0.05, 0) is 6.42 Å². The summed E-state index contributed by atoms with van der Waals surface area (Å²) < 4.78 is 23.3. The van der Waals surface area contributed by atoms with Gasteiger partial charge in [0.15, 0.2) is 6.17 Å². The van der Waals surface area contributed by atoms with Crippen LogP contribution in [0.25, 0.3) is 0 Å². The van der Waals surface area contributed by atoms with Gasteiger partial charge in [-0.1, -0.05) is 13.8 Å². The molecule has 3 nitrogen and oxygen atoms in total. The molecule has 1 aliphatic heterocycles. The fraction of sp³-hybridized carbons (Fsp3) is 0.889. The van der Waals surface area contributed by atoms with Crippen LogP contribution in [0.5, 0.6) is 0 Å². The minimum Gasteiger partial charge on any atom is -0.433 e. The highest BCUT2D eigenvalue weighted by molar-refractivity contribution is 5.66. The SMILES string of the molecule is CC[C@H]1OC(OC(C)=O)[C@H](F)[C@@H]1C. The van der Waals surface area contributed by atoms with Crippen molar-refractivity contribution in [2.24, 2.45) is 5.92 Å². The lowest BCUT2D eigenvalue weighted by molar-refractivity contribution is -0.180. The first kappa shape index (κ1) is 10.4. The van der Waals surface area contributed by atoms with Crippen molar-refractivity contribution in [2.45, 2.75) is 45.8 Å². The maximum absolute atomic E-state index is 13.4. The van der Waals surface area contributed by atoms with Crippen LogP contribution in [0.1, 0.15) is 27.2 Å². The quantitative estimate of drug-likeness (QED) is 0.621. The predicted molar refractivity (Wildman–Crippen MR) is 44.8 cm³/mol. The predicted octanol–water partition coefficient (Wildman–Crippen LogP) is 1.66. The lowest BCUT2D eigenvalue weighted by Crippen LogP contribution is -2.25. The van der Waals surface area contributed by atoms with Gasteiger partial charge in [-0.2, -0.15) is 0 Å². The number of ether oxygens (including phenoxy) is 2. The zero-order chi connectivity index (χ0) is 10.0. The molecule has 0 amide bonds. The van der Waals surface area contributed by atoms with Gasteiger partial charge in [0.25, 0.3) is 0 Å². The molecule has 1 heterocycles. The van der Waals surface area contributed by atoms with E-state index in [1.807, 2.05) is 6.92 Å². The van der Waals surface area contributed by atoms with Gasteiger partial charge in [0.1, 0.15) is 0 Å². The summed E-state index contributed by atoms with van der Waals surface area (Å²) >= 11 is 0. The Kier molecular flexibility index (Phi) is 3.25. The molecule has 13 heavy (non-hydrogen) atoms. The molecule has 0 N–H and O–H groups in total. The van der Waals surface area contributed by atoms with E-state index < -0.39 is 18.4 Å². The van der Waals surface area contributed by atoms with Gasteiger partial charge in [0.05, 0.1) is 6.10 Å². The molecule has 4 heteroatoms. The van der Waals surface area contributed by atoms with E-state index in [2.05, 4.69) is 4.74 Å². The van der Waals surface area contributed by atoms with Gasteiger partial charge < -0.3 is 9.47 Å². The fourth-order valence-electron chi connectivity index (χ4n) is 1.55. The van der Waals surface area contributed by atoms with Crippen LogP contribution in [-0.4, -0.2) is 24.5 Å². The number of carbonyl (C=O) groups is 1. The van der Waals surface area contributed by atoms with Crippen LogP contribution in [0.2, 0.25) is 0 Å². The Balaban J connectivity index is 2.55. The largest absolute Gasteiger partial charge is 0.433 e. The molecule has 0 aromatic rings. The van der Waals surface area contributed by atoms with E-state index in [0.29, 0.717) is 0 Å². The van der Waals surface area contributed by atoms with Crippen LogP contribution in [-0.2, 0) is 14.3 Å². The standard InChI is InChI=1S/C9H15FO3/c1-4-7-5(2)8(10)9(13-7)12-6(3)11/h5,7-9H,4H2,1-3H3/t5-,7-,8-,9?/m1/s1. The zero-order valence-electron chi connectivity index (χ0n) is 8.12. The molecule has 0 radical (unpaired) electrons. The average molecular weight is 190 g/mol. The van der Waals surface area contributed by atoms with Gasteiger partial charge in [-0.15, -0.1) is 0 Å². The topological polar surface area (TPSA) is 35.5 Å². The molecule has 0 aromatic carbocycles. The number of carbonyl (C=O) groups excluding carboxylic acids is 1. The van der Waals surface area contributed by atoms with Gasteiger partial charge >= 0.3 is 5.97 Å². The summed E-state index contributed by atoms with van der Waals surface area (Å²) in [4.78, 5) is 10.6. The number of hydrogen-bond acceptors (Lipinski definition) is 3. The molecule has 1 saturated heterocycles. The van der Waals surface area contributed by atoms with Crippen LogP contribution in [0.3, 0.4) is 0 Å². The molecule has 1 rings (SSSR count). The minimum atomic E-state index is -1.20. The Labute approximate surface area is 77.2 Å². The average Bonchev–Trinajstić information content (AvgIpc) is 2.32. The van der Waals surface area contributed by atoms with E-state index in [4.69, 9.17) is 4.74 Å². The van der Waals surface area contributed by atoms with Gasteiger partial charge in [0.2, 0.25) is 6.29 Å². The molecule has 0 saturated carbocycles. The van der Waals surface area contributed by atoms with Crippen molar-refractivity contribution in [1.29, 1.82) is 0 Å². The van der Waals surface area contributed by atoms with E-state index in [-0.39, 0.29) is 12.0 Å². The molecular formula is C9H15FO3. The van der Waals surface area contributed by atoms with Crippen LogP contribution < -0.4 is 0 Å². The number of alkyl halides is 1. The van der Waals surface area contributed by atoms with Crippen LogP contribution >= 0.6 is 0 Å². The lowest BCUT2D eigenvalue weighted by Gasteiger charge is -2.12. The lowest BCUT2D eigenvalue weighted by atomic mass is 10.0. The fourth-order valence-corrected chi connectivity index (χ4v) is 1.55. The maximum atomic E-state index is 13.4. The van der Waals surface area contributed by atoms with Crippen LogP contribution in [0.4, 0.5) is 4.39 Å². The highest BCUT2D eigenvalue weighted by atomic mass is 19.1. The Hall–Kier alpha value is -0.640. The van der Waals surface area contributed by atoms with Gasteiger partial charge in [-0.25, -0.2) is 4.39 Å². The van der Waals surface area contributed by atoms with Gasteiger partial charge in [-0.3, -0.25) is 4.79 Å². The summed E-state index contributed by atoms with van der Waals surface area (Å²) in [6, 6.07) is 0. The summed E-state index contributed by atoms with van der Waals surface area (Å²) in [6.45, 7) is 4.94. The Morgan fingerprint density at radius 1 is 1.62 bits per heavy atom. The smallest absolute Gasteiger partial charge is 0.305 e. The Morgan fingerprint density at radius 3 is 2.62 bits per heavy atom. The number of hydrogen-bond donors (Lipinski definition) is 0. The summed E-state index contributed by atoms with van der Waals surface area (Å²) in [5.41, 5.74) is 0. The molecule has 0 aromatic heterocycles. The summed E-state index contributed by atoms with van der Waals surface area (Å²) in [6.07, 6.45) is -1.61. The van der Waals surface area contributed by atoms with E-state index >= 15 is 0 Å². The van der Waals surface area contributed by atoms with Crippen molar-refractivity contribution in [1.82, 2.24) is 0 Å². The summed E-state index contributed by atoms with van der Waals surface area (Å²) in [7, 11) is 0. The molecule has 1 fully saturated rings. The summed E-state index contributed by atoms with van der Waals surface area (Å²) in [5.74, 6) is -0.703. The van der Waals surface area contributed by atoms with Crippen molar-refractivity contribution in [3.8, 4) is 0 Å². The van der Waals surface area contributed by atoms with Crippen molar-refractivity contribution in [3.05, 3.63) is 0 Å². The molecule has 4 atom stereocenters. The van der Waals surface area contributed by atoms with Crippen LogP contribution in [0, 0.1) is 5.92 Å². The maximum Gasteiger partial charge on any atom is 0.305 e. The van der Waals surface area contributed by atoms with E-state index in [9.17, 15) is 9.18 Å². The van der Waals surface area contributed by atoms with Crippen LogP contribution in [0.15, 0.2) is 0 Å². The number of rotatable bonds is 2. The molecule has 0 bridgehead atoms. The highest BCUT2D eigenvalue weighted by Crippen LogP contribution is 2.31. The molecule has 0 aliphatic carbocycles. The van der Waals surface area contributed by atoms with E-state index in [1.165, 1.54) is 6.92 Å². The van der Waals surface area contributed by atoms with Crippen molar-refractivity contribution < 1.29 is 18.7 Å². The number of halogens is 1. The second-order valence-corrected chi connectivity index (χ2v) is 3.36. The first-order valence-corrected chi connectivity index (χ1v) is 4.53. The highest BCUT2D eigenvalue weighted by Gasteiger charge is 2.43. The third-order valence-electron chi connectivity index (χ3n) is 2.34. The zero-order valence-corrected chi connectivity index (χ0v) is 8.12. The monoisotopic (exact) mass is 190 g/mol. The van der Waals surface area contributed by atoms with Crippen molar-refractivity contribution in [3.63, 3.8) is 0 Å².